The van der Waals surface area contributed by atoms with Crippen LogP contribution in [0.15, 0.2) is 46.9 Å². The number of nitrogens with zero attached hydrogens (tertiary/aromatic N) is 3. The van der Waals surface area contributed by atoms with Crippen LogP contribution in [0.3, 0.4) is 0 Å². The van der Waals surface area contributed by atoms with Gasteiger partial charge >= 0.3 is 6.36 Å². The second kappa shape index (κ2) is 12.4. The molecule has 0 atom stereocenters. The molecule has 2 fully saturated rings. The lowest BCUT2D eigenvalue weighted by atomic mass is 9.88. The molecule has 0 spiro atoms. The molecule has 1 saturated carbocycles. The Hall–Kier alpha value is -2.46. The summed E-state index contributed by atoms with van der Waals surface area (Å²) in [4.78, 5) is 19.6. The van der Waals surface area contributed by atoms with Gasteiger partial charge in [0.2, 0.25) is 5.91 Å². The zero-order valence-electron chi connectivity index (χ0n) is 21.0. The van der Waals surface area contributed by atoms with E-state index in [-0.39, 0.29) is 23.3 Å². The molecule has 37 heavy (non-hydrogen) atoms. The van der Waals surface area contributed by atoms with Gasteiger partial charge in [-0.1, -0.05) is 31.4 Å². The van der Waals surface area contributed by atoms with Gasteiger partial charge in [-0.05, 0) is 53.0 Å². The first kappa shape index (κ1) is 27.6. The number of halogens is 4. The van der Waals surface area contributed by atoms with Crippen LogP contribution in [0.2, 0.25) is 0 Å². The minimum absolute atomic E-state index is 0.114. The van der Waals surface area contributed by atoms with Gasteiger partial charge in [0, 0.05) is 55.7 Å². The van der Waals surface area contributed by atoms with E-state index in [0.717, 1.165) is 74.2 Å². The Morgan fingerprint density at radius 3 is 2.43 bits per heavy atom. The van der Waals surface area contributed by atoms with E-state index in [9.17, 15) is 18.0 Å². The Morgan fingerprint density at radius 2 is 1.76 bits per heavy atom. The first-order valence-electron chi connectivity index (χ1n) is 12.7. The number of ether oxygens (including phenoxy) is 2. The minimum atomic E-state index is -4.83. The molecule has 0 aromatic heterocycles. The highest BCUT2D eigenvalue weighted by Crippen LogP contribution is 2.36. The monoisotopic (exact) mass is 583 g/mol. The standard InChI is InChI=1S/C27H33BrF3N3O3/c1-36-21-11-12-22(28)24(19-21)33-16-13-32(14-17-33)15-18-34(26(35)20-7-3-2-4-8-20)23-9-5-6-10-25(23)37-27(29,30)31/h5-6,9-12,19-20H,2-4,7-8,13-18H2,1H3. The smallest absolute Gasteiger partial charge is 0.497 e. The molecule has 2 aromatic carbocycles. The number of methoxy groups -OCH3 is 1. The maximum atomic E-state index is 13.6. The Labute approximate surface area is 224 Å². The fourth-order valence-corrected chi connectivity index (χ4v) is 5.62. The molecule has 1 aliphatic heterocycles. The summed E-state index contributed by atoms with van der Waals surface area (Å²) in [6, 6.07) is 11.8. The Balaban J connectivity index is 1.46. The molecule has 6 nitrogen and oxygen atoms in total. The topological polar surface area (TPSA) is 45.2 Å². The Morgan fingerprint density at radius 1 is 1.05 bits per heavy atom. The number of carbonyl (C=O) groups excluding carboxylic acids is 1. The SMILES string of the molecule is COc1ccc(Br)c(N2CCN(CCN(C(=O)C3CCCCC3)c3ccccc3OC(F)(F)F)CC2)c1. The van der Waals surface area contributed by atoms with Crippen molar-refractivity contribution in [1.82, 2.24) is 4.90 Å². The molecule has 0 bridgehead atoms. The molecule has 0 N–H and O–H groups in total. The van der Waals surface area contributed by atoms with Crippen LogP contribution in [0.25, 0.3) is 0 Å². The first-order valence-corrected chi connectivity index (χ1v) is 13.5. The fourth-order valence-electron chi connectivity index (χ4n) is 5.13. The van der Waals surface area contributed by atoms with Crippen molar-refractivity contribution in [3.8, 4) is 11.5 Å². The summed E-state index contributed by atoms with van der Waals surface area (Å²) in [6.45, 7) is 3.99. The number of para-hydroxylation sites is 2. The van der Waals surface area contributed by atoms with Gasteiger partial charge in [-0.25, -0.2) is 0 Å². The predicted octanol–water partition coefficient (Wildman–Crippen LogP) is 6.09. The molecule has 4 rings (SSSR count). The molecule has 2 aromatic rings. The van der Waals surface area contributed by atoms with Gasteiger partial charge in [0.15, 0.2) is 5.75 Å². The van der Waals surface area contributed by atoms with Gasteiger partial charge in [-0.15, -0.1) is 13.2 Å². The summed E-state index contributed by atoms with van der Waals surface area (Å²) in [6.07, 6.45) is -0.275. The lowest BCUT2D eigenvalue weighted by Crippen LogP contribution is -2.50. The van der Waals surface area contributed by atoms with E-state index in [1.165, 1.54) is 17.0 Å². The van der Waals surface area contributed by atoms with Crippen molar-refractivity contribution in [2.24, 2.45) is 5.92 Å². The van der Waals surface area contributed by atoms with E-state index >= 15 is 0 Å². The number of benzene rings is 2. The average Bonchev–Trinajstić information content (AvgIpc) is 2.90. The van der Waals surface area contributed by atoms with E-state index < -0.39 is 6.36 Å². The highest BCUT2D eigenvalue weighted by atomic mass is 79.9. The quantitative estimate of drug-likeness (QED) is 0.376. The van der Waals surface area contributed by atoms with Gasteiger partial charge in [-0.2, -0.15) is 0 Å². The van der Waals surface area contributed by atoms with Gasteiger partial charge in [0.25, 0.3) is 0 Å². The number of carbonyl (C=O) groups is 1. The third-order valence-electron chi connectivity index (χ3n) is 7.11. The molecule has 202 valence electrons. The second-order valence-corrected chi connectivity index (χ2v) is 10.3. The zero-order chi connectivity index (χ0) is 26.4. The van der Waals surface area contributed by atoms with Crippen LogP contribution in [0.5, 0.6) is 11.5 Å². The molecule has 1 heterocycles. The van der Waals surface area contributed by atoms with Crippen molar-refractivity contribution in [2.75, 3.05) is 56.2 Å². The molecule has 2 aliphatic rings. The van der Waals surface area contributed by atoms with Crippen LogP contribution in [-0.2, 0) is 4.79 Å². The molecule has 1 saturated heterocycles. The Kier molecular flexibility index (Phi) is 9.23. The van der Waals surface area contributed by atoms with Crippen molar-refractivity contribution >= 4 is 33.2 Å². The van der Waals surface area contributed by atoms with Crippen LogP contribution >= 0.6 is 15.9 Å². The van der Waals surface area contributed by atoms with E-state index in [4.69, 9.17) is 4.74 Å². The summed E-state index contributed by atoms with van der Waals surface area (Å²) >= 11 is 3.62. The molecule has 1 amide bonds. The van der Waals surface area contributed by atoms with E-state index in [1.54, 1.807) is 19.2 Å². The van der Waals surface area contributed by atoms with Crippen molar-refractivity contribution in [3.63, 3.8) is 0 Å². The molecule has 10 heteroatoms. The van der Waals surface area contributed by atoms with Crippen molar-refractivity contribution in [3.05, 3.63) is 46.9 Å². The number of hydrogen-bond acceptors (Lipinski definition) is 5. The molecule has 1 aliphatic carbocycles. The highest BCUT2D eigenvalue weighted by Gasteiger charge is 2.35. The van der Waals surface area contributed by atoms with Gasteiger partial charge < -0.3 is 19.3 Å². The number of hydrogen-bond donors (Lipinski definition) is 0. The minimum Gasteiger partial charge on any atom is -0.497 e. The third kappa shape index (κ3) is 7.31. The second-order valence-electron chi connectivity index (χ2n) is 9.49. The van der Waals surface area contributed by atoms with E-state index in [0.29, 0.717) is 13.1 Å². The summed E-state index contributed by atoms with van der Waals surface area (Å²) in [5.74, 6) is 0.163. The fraction of sp³-hybridized carbons (Fsp3) is 0.519. The largest absolute Gasteiger partial charge is 0.573 e. The van der Waals surface area contributed by atoms with Gasteiger partial charge in [0.05, 0.1) is 18.5 Å². The van der Waals surface area contributed by atoms with Crippen LogP contribution < -0.4 is 19.3 Å². The predicted molar refractivity (Wildman–Crippen MR) is 141 cm³/mol. The van der Waals surface area contributed by atoms with Crippen molar-refractivity contribution < 1.29 is 27.4 Å². The summed E-state index contributed by atoms with van der Waals surface area (Å²) in [5, 5.41) is 0. The Bertz CT molecular complexity index is 1050. The lowest BCUT2D eigenvalue weighted by molar-refractivity contribution is -0.274. The maximum absolute atomic E-state index is 13.6. The van der Waals surface area contributed by atoms with Gasteiger partial charge in [0.1, 0.15) is 5.75 Å². The maximum Gasteiger partial charge on any atom is 0.573 e. The van der Waals surface area contributed by atoms with Gasteiger partial charge in [-0.3, -0.25) is 9.69 Å². The summed E-state index contributed by atoms with van der Waals surface area (Å²) in [7, 11) is 1.64. The van der Waals surface area contributed by atoms with Crippen molar-refractivity contribution in [1.29, 1.82) is 0 Å². The average molecular weight is 584 g/mol. The summed E-state index contributed by atoms with van der Waals surface area (Å²) < 4.78 is 50.0. The third-order valence-corrected chi connectivity index (χ3v) is 7.78. The number of piperazine rings is 1. The number of rotatable bonds is 8. The van der Waals surface area contributed by atoms with Crippen LogP contribution in [0, 0.1) is 5.92 Å². The normalized spacial score (nSPS) is 17.5. The molecular weight excluding hydrogens is 551 g/mol. The number of alkyl halides is 3. The van der Waals surface area contributed by atoms with Crippen LogP contribution in [-0.4, -0.2) is 63.5 Å². The van der Waals surface area contributed by atoms with E-state index in [2.05, 4.69) is 30.5 Å². The van der Waals surface area contributed by atoms with Crippen LogP contribution in [0.4, 0.5) is 24.5 Å². The van der Waals surface area contributed by atoms with Crippen LogP contribution in [0.1, 0.15) is 32.1 Å². The summed E-state index contributed by atoms with van der Waals surface area (Å²) in [5.41, 5.74) is 1.24. The lowest BCUT2D eigenvalue weighted by Gasteiger charge is -2.38. The zero-order valence-corrected chi connectivity index (χ0v) is 22.6. The highest BCUT2D eigenvalue weighted by molar-refractivity contribution is 9.10. The first-order chi connectivity index (χ1) is 17.7. The van der Waals surface area contributed by atoms with E-state index in [1.807, 2.05) is 18.2 Å². The number of amides is 1. The molecule has 0 radical (unpaired) electrons. The molecule has 0 unspecified atom stereocenters. The van der Waals surface area contributed by atoms with Crippen molar-refractivity contribution in [2.45, 2.75) is 38.5 Å². The molecular formula is C27H33BrF3N3O3. The number of anilines is 2.